The summed E-state index contributed by atoms with van der Waals surface area (Å²) < 4.78 is 13.4. The van der Waals surface area contributed by atoms with Crippen molar-refractivity contribution in [3.8, 4) is 11.1 Å². The lowest BCUT2D eigenvalue weighted by Gasteiger charge is -2.43. The fourth-order valence-electron chi connectivity index (χ4n) is 5.75. The van der Waals surface area contributed by atoms with Crippen LogP contribution in [0.25, 0.3) is 11.1 Å². The van der Waals surface area contributed by atoms with Crippen LogP contribution in [0.15, 0.2) is 103 Å². The van der Waals surface area contributed by atoms with Gasteiger partial charge in [0.05, 0.1) is 18.8 Å². The van der Waals surface area contributed by atoms with E-state index in [4.69, 9.17) is 9.47 Å². The number of likely N-dealkylation sites (N-methyl/N-ethyl adjacent to an activating group) is 1. The topological polar surface area (TPSA) is 71.0 Å². The van der Waals surface area contributed by atoms with Gasteiger partial charge in [0.25, 0.3) is 0 Å². The number of nitrogens with one attached hydrogen (secondary N) is 1. The van der Waals surface area contributed by atoms with Crippen molar-refractivity contribution in [2.75, 3.05) is 13.6 Å². The summed E-state index contributed by atoms with van der Waals surface area (Å²) in [6.45, 7) is 7.19. The summed E-state index contributed by atoms with van der Waals surface area (Å²) in [6.07, 6.45) is -0.779. The third kappa shape index (κ3) is 7.40. The van der Waals surface area contributed by atoms with E-state index in [0.29, 0.717) is 6.54 Å². The van der Waals surface area contributed by atoms with E-state index in [2.05, 4.69) is 97.8 Å². The standard InChI is InChI=1S/C37H42N2O4/c1-25-35(23-39(4)26(2)29-10-6-5-7-11-29)42-37(43-36(25)31-16-14-28(24-40)15-17-31)32-20-18-30(19-21-32)34-13-9-8-12-33(34)22-38-27(3)41/h5-21,25-26,35-37,40H,22-24H2,1-4H3,(H,38,41). The second-order valence-electron chi connectivity index (χ2n) is 11.5. The summed E-state index contributed by atoms with van der Waals surface area (Å²) in [6, 6.07) is 35.3. The lowest BCUT2D eigenvalue weighted by atomic mass is 9.89. The highest BCUT2D eigenvalue weighted by Gasteiger charge is 2.39. The molecule has 0 bridgehead atoms. The first-order valence-corrected chi connectivity index (χ1v) is 15.0. The van der Waals surface area contributed by atoms with Gasteiger partial charge in [-0.15, -0.1) is 0 Å². The van der Waals surface area contributed by atoms with Crippen LogP contribution in [0.5, 0.6) is 0 Å². The quantitative estimate of drug-likeness (QED) is 0.213. The number of carbonyl (C=O) groups is 1. The Bertz CT molecular complexity index is 1470. The Kier molecular flexibility index (Phi) is 10.1. The van der Waals surface area contributed by atoms with Crippen molar-refractivity contribution < 1.29 is 19.4 Å². The fourth-order valence-corrected chi connectivity index (χ4v) is 5.75. The average Bonchev–Trinajstić information content (AvgIpc) is 3.05. The number of nitrogens with zero attached hydrogens (tertiary/aromatic N) is 1. The van der Waals surface area contributed by atoms with Crippen LogP contribution in [-0.2, 0) is 27.4 Å². The molecule has 0 aromatic heterocycles. The van der Waals surface area contributed by atoms with Gasteiger partial charge in [-0.05, 0) is 47.4 Å². The summed E-state index contributed by atoms with van der Waals surface area (Å²) in [5.41, 5.74) is 7.39. The third-order valence-electron chi connectivity index (χ3n) is 8.57. The maximum absolute atomic E-state index is 11.5. The Morgan fingerprint density at radius 1 is 0.884 bits per heavy atom. The van der Waals surface area contributed by atoms with Crippen molar-refractivity contribution in [3.63, 3.8) is 0 Å². The molecule has 2 N–H and O–H groups in total. The summed E-state index contributed by atoms with van der Waals surface area (Å²) >= 11 is 0. The van der Waals surface area contributed by atoms with E-state index >= 15 is 0 Å². The van der Waals surface area contributed by atoms with Crippen LogP contribution < -0.4 is 5.32 Å². The average molecular weight is 579 g/mol. The molecule has 1 amide bonds. The highest BCUT2D eigenvalue weighted by Crippen LogP contribution is 2.42. The zero-order chi connectivity index (χ0) is 30.3. The van der Waals surface area contributed by atoms with Crippen LogP contribution in [0.1, 0.15) is 67.0 Å². The number of aliphatic hydroxyl groups excluding tert-OH is 1. The number of aliphatic hydroxyl groups is 1. The van der Waals surface area contributed by atoms with Gasteiger partial charge < -0.3 is 19.9 Å². The predicted octanol–water partition coefficient (Wildman–Crippen LogP) is 6.97. The van der Waals surface area contributed by atoms with Crippen LogP contribution in [0, 0.1) is 5.92 Å². The van der Waals surface area contributed by atoms with Crippen molar-refractivity contribution in [1.29, 1.82) is 0 Å². The minimum atomic E-state index is -0.534. The molecular weight excluding hydrogens is 536 g/mol. The van der Waals surface area contributed by atoms with E-state index in [1.165, 1.54) is 12.5 Å². The zero-order valence-electron chi connectivity index (χ0n) is 25.4. The number of amides is 1. The van der Waals surface area contributed by atoms with Crippen LogP contribution in [0.2, 0.25) is 0 Å². The van der Waals surface area contributed by atoms with Gasteiger partial charge >= 0.3 is 0 Å². The van der Waals surface area contributed by atoms with Gasteiger partial charge in [-0.25, -0.2) is 0 Å². The Morgan fingerprint density at radius 3 is 2.21 bits per heavy atom. The third-order valence-corrected chi connectivity index (χ3v) is 8.57. The molecule has 0 spiro atoms. The minimum absolute atomic E-state index is 0.0121. The molecule has 4 aromatic carbocycles. The number of benzene rings is 4. The molecule has 1 aliphatic rings. The molecular formula is C37H42N2O4. The minimum Gasteiger partial charge on any atom is -0.392 e. The molecule has 1 saturated heterocycles. The Morgan fingerprint density at radius 2 is 1.53 bits per heavy atom. The molecule has 1 fully saturated rings. The molecule has 4 aromatic rings. The number of hydrogen-bond acceptors (Lipinski definition) is 5. The van der Waals surface area contributed by atoms with Crippen LogP contribution in [-0.4, -0.2) is 35.6 Å². The first-order valence-electron chi connectivity index (χ1n) is 15.0. The number of hydrogen-bond donors (Lipinski definition) is 2. The van der Waals surface area contributed by atoms with E-state index in [1.807, 2.05) is 36.4 Å². The summed E-state index contributed by atoms with van der Waals surface area (Å²) in [7, 11) is 2.15. The molecule has 6 heteroatoms. The Hall–Kier alpha value is -3.81. The van der Waals surface area contributed by atoms with Crippen LogP contribution in [0.3, 0.4) is 0 Å². The van der Waals surface area contributed by atoms with Gasteiger partial charge in [0.2, 0.25) is 5.91 Å². The predicted molar refractivity (Wildman–Crippen MR) is 170 cm³/mol. The molecule has 5 atom stereocenters. The van der Waals surface area contributed by atoms with Crippen molar-refractivity contribution in [2.45, 2.75) is 58.5 Å². The van der Waals surface area contributed by atoms with Crippen LogP contribution >= 0.6 is 0 Å². The number of carbonyl (C=O) groups excluding carboxylic acids is 1. The van der Waals surface area contributed by atoms with E-state index in [1.54, 1.807) is 0 Å². The zero-order valence-corrected chi connectivity index (χ0v) is 25.4. The molecule has 43 heavy (non-hydrogen) atoms. The maximum atomic E-state index is 11.5. The number of rotatable bonds is 10. The highest BCUT2D eigenvalue weighted by atomic mass is 16.7. The largest absolute Gasteiger partial charge is 0.392 e. The fraction of sp³-hybridized carbons (Fsp3) is 0.324. The second-order valence-corrected chi connectivity index (χ2v) is 11.5. The van der Waals surface area contributed by atoms with E-state index in [9.17, 15) is 9.90 Å². The van der Waals surface area contributed by atoms with E-state index in [-0.39, 0.29) is 36.7 Å². The molecule has 1 heterocycles. The van der Waals surface area contributed by atoms with Crippen molar-refractivity contribution in [3.05, 3.63) is 131 Å². The van der Waals surface area contributed by atoms with Crippen molar-refractivity contribution in [2.24, 2.45) is 5.92 Å². The van der Waals surface area contributed by atoms with Gasteiger partial charge in [0, 0.05) is 37.5 Å². The maximum Gasteiger partial charge on any atom is 0.217 e. The Labute approximate surface area is 255 Å². The first-order chi connectivity index (χ1) is 20.8. The SMILES string of the molecule is CC(=O)NCc1ccccc1-c1ccc(C2OC(CN(C)C(C)c3ccccc3)C(C)C(c3ccc(CO)cc3)O2)cc1. The van der Waals surface area contributed by atoms with Crippen molar-refractivity contribution >= 4 is 5.91 Å². The van der Waals surface area contributed by atoms with Crippen molar-refractivity contribution in [1.82, 2.24) is 10.2 Å². The summed E-state index contributed by atoms with van der Waals surface area (Å²) in [5, 5.41) is 12.5. The van der Waals surface area contributed by atoms with Crippen LogP contribution in [0.4, 0.5) is 0 Å². The molecule has 5 unspecified atom stereocenters. The normalized spacial score (nSPS) is 21.0. The lowest BCUT2D eigenvalue weighted by Crippen LogP contribution is -2.44. The van der Waals surface area contributed by atoms with E-state index in [0.717, 1.165) is 39.9 Å². The lowest BCUT2D eigenvalue weighted by molar-refractivity contribution is -0.276. The van der Waals surface area contributed by atoms with Gasteiger partial charge in [0.1, 0.15) is 0 Å². The second kappa shape index (κ2) is 14.1. The van der Waals surface area contributed by atoms with E-state index < -0.39 is 6.29 Å². The van der Waals surface area contributed by atoms with Gasteiger partial charge in [-0.2, -0.15) is 0 Å². The number of ether oxygens (including phenoxy) is 2. The highest BCUT2D eigenvalue weighted by molar-refractivity contribution is 5.74. The molecule has 0 aliphatic carbocycles. The summed E-state index contributed by atoms with van der Waals surface area (Å²) in [5.74, 6) is 0.0477. The molecule has 6 nitrogen and oxygen atoms in total. The summed E-state index contributed by atoms with van der Waals surface area (Å²) in [4.78, 5) is 13.9. The monoisotopic (exact) mass is 578 g/mol. The molecule has 0 saturated carbocycles. The Balaban J connectivity index is 1.40. The van der Waals surface area contributed by atoms with Gasteiger partial charge in [-0.1, -0.05) is 110 Å². The molecule has 1 aliphatic heterocycles. The first kappa shape index (κ1) is 30.6. The van der Waals surface area contributed by atoms with Gasteiger partial charge in [-0.3, -0.25) is 9.69 Å². The van der Waals surface area contributed by atoms with Gasteiger partial charge in [0.15, 0.2) is 6.29 Å². The molecule has 0 radical (unpaired) electrons. The molecule has 5 rings (SSSR count). The molecule has 224 valence electrons. The smallest absolute Gasteiger partial charge is 0.217 e.